The molecule has 2 N–H and O–H groups in total. The topological polar surface area (TPSA) is 74.8 Å². The number of furan rings is 1. The van der Waals surface area contributed by atoms with Gasteiger partial charge in [-0.25, -0.2) is 4.99 Å². The zero-order valence-electron chi connectivity index (χ0n) is 10.2. The van der Waals surface area contributed by atoms with Crippen LogP contribution in [0.15, 0.2) is 57.0 Å². The maximum Gasteiger partial charge on any atom is 0.264 e. The van der Waals surface area contributed by atoms with Crippen molar-refractivity contribution in [3.8, 4) is 5.75 Å². The van der Waals surface area contributed by atoms with Crippen LogP contribution in [0, 0.1) is 0 Å². The summed E-state index contributed by atoms with van der Waals surface area (Å²) in [5.41, 5.74) is 0.576. The SMILES string of the molecule is O=C1NC(=Nc2cccc(O)c2)S/C1=C\c1ccco1. The maximum atomic E-state index is 11.8. The van der Waals surface area contributed by atoms with Gasteiger partial charge in [-0.2, -0.15) is 0 Å². The predicted octanol–water partition coefficient (Wildman–Crippen LogP) is 2.88. The van der Waals surface area contributed by atoms with Gasteiger partial charge in [0.25, 0.3) is 5.91 Å². The van der Waals surface area contributed by atoms with E-state index in [4.69, 9.17) is 4.42 Å². The van der Waals surface area contributed by atoms with Crippen molar-refractivity contribution in [1.82, 2.24) is 5.32 Å². The van der Waals surface area contributed by atoms with Gasteiger partial charge in [0.05, 0.1) is 16.9 Å². The highest BCUT2D eigenvalue weighted by Gasteiger charge is 2.24. The minimum Gasteiger partial charge on any atom is -0.508 e. The number of carbonyl (C=O) groups excluding carboxylic acids is 1. The summed E-state index contributed by atoms with van der Waals surface area (Å²) < 4.78 is 5.17. The molecule has 2 aromatic rings. The number of amides is 1. The number of nitrogens with one attached hydrogen (secondary N) is 1. The van der Waals surface area contributed by atoms with Crippen molar-refractivity contribution < 1.29 is 14.3 Å². The van der Waals surface area contributed by atoms with E-state index in [1.54, 1.807) is 42.7 Å². The molecule has 5 nitrogen and oxygen atoms in total. The molecule has 1 aliphatic heterocycles. The minimum atomic E-state index is -0.217. The Morgan fingerprint density at radius 2 is 2.20 bits per heavy atom. The van der Waals surface area contributed by atoms with E-state index in [-0.39, 0.29) is 11.7 Å². The summed E-state index contributed by atoms with van der Waals surface area (Å²) in [6.07, 6.45) is 3.21. The Balaban J connectivity index is 1.83. The molecule has 0 aliphatic carbocycles. The molecule has 0 bridgehead atoms. The lowest BCUT2D eigenvalue weighted by molar-refractivity contribution is -0.115. The molecular formula is C14H10N2O3S. The second-order valence-electron chi connectivity index (χ2n) is 4.02. The van der Waals surface area contributed by atoms with Gasteiger partial charge in [0.15, 0.2) is 5.17 Å². The third-order valence-electron chi connectivity index (χ3n) is 2.53. The van der Waals surface area contributed by atoms with E-state index in [1.807, 2.05) is 0 Å². The van der Waals surface area contributed by atoms with Gasteiger partial charge < -0.3 is 14.8 Å². The number of benzene rings is 1. The number of aromatic hydroxyl groups is 1. The number of aliphatic imine (C=N–C) groups is 1. The van der Waals surface area contributed by atoms with Crippen molar-refractivity contribution in [1.29, 1.82) is 0 Å². The van der Waals surface area contributed by atoms with Crippen molar-refractivity contribution in [2.75, 3.05) is 0 Å². The molecule has 1 aromatic carbocycles. The summed E-state index contributed by atoms with van der Waals surface area (Å²) in [7, 11) is 0. The summed E-state index contributed by atoms with van der Waals surface area (Å²) in [6, 6.07) is 10.0. The summed E-state index contributed by atoms with van der Waals surface area (Å²) in [5.74, 6) is 0.527. The van der Waals surface area contributed by atoms with Crippen molar-refractivity contribution in [3.63, 3.8) is 0 Å². The molecule has 0 atom stereocenters. The third-order valence-corrected chi connectivity index (χ3v) is 3.44. The molecule has 20 heavy (non-hydrogen) atoms. The van der Waals surface area contributed by atoms with E-state index >= 15 is 0 Å². The van der Waals surface area contributed by atoms with E-state index in [0.29, 0.717) is 21.5 Å². The van der Waals surface area contributed by atoms with Crippen molar-refractivity contribution in [2.45, 2.75) is 0 Å². The normalized spacial score (nSPS) is 18.7. The highest BCUT2D eigenvalue weighted by molar-refractivity contribution is 8.18. The summed E-state index contributed by atoms with van der Waals surface area (Å²) >= 11 is 1.23. The fourth-order valence-corrected chi connectivity index (χ4v) is 2.48. The van der Waals surface area contributed by atoms with E-state index in [0.717, 1.165) is 0 Å². The van der Waals surface area contributed by atoms with Gasteiger partial charge in [-0.1, -0.05) is 6.07 Å². The van der Waals surface area contributed by atoms with E-state index in [9.17, 15) is 9.90 Å². The number of thioether (sulfide) groups is 1. The first-order valence-corrected chi connectivity index (χ1v) is 6.64. The van der Waals surface area contributed by atoms with Gasteiger partial charge in [0.2, 0.25) is 0 Å². The number of amidine groups is 1. The summed E-state index contributed by atoms with van der Waals surface area (Å²) in [4.78, 5) is 16.6. The second-order valence-corrected chi connectivity index (χ2v) is 5.05. The van der Waals surface area contributed by atoms with Crippen LogP contribution in [0.2, 0.25) is 0 Å². The molecule has 3 rings (SSSR count). The van der Waals surface area contributed by atoms with Crippen LogP contribution in [0.4, 0.5) is 5.69 Å². The molecule has 6 heteroatoms. The Bertz CT molecular complexity index is 705. The van der Waals surface area contributed by atoms with Crippen LogP contribution in [-0.4, -0.2) is 16.2 Å². The first kappa shape index (κ1) is 12.6. The van der Waals surface area contributed by atoms with Crippen molar-refractivity contribution in [2.24, 2.45) is 4.99 Å². The van der Waals surface area contributed by atoms with Crippen LogP contribution in [0.3, 0.4) is 0 Å². The summed E-state index contributed by atoms with van der Waals surface area (Å²) in [5, 5.41) is 12.5. The Morgan fingerprint density at radius 3 is 2.95 bits per heavy atom. The zero-order valence-corrected chi connectivity index (χ0v) is 11.1. The Labute approximate surface area is 119 Å². The van der Waals surface area contributed by atoms with Crippen molar-refractivity contribution in [3.05, 3.63) is 53.3 Å². The molecule has 0 spiro atoms. The molecule has 1 saturated heterocycles. The van der Waals surface area contributed by atoms with Crippen LogP contribution >= 0.6 is 11.8 Å². The van der Waals surface area contributed by atoms with Crippen molar-refractivity contribution >= 4 is 34.6 Å². The van der Waals surface area contributed by atoms with Crippen LogP contribution < -0.4 is 5.32 Å². The average Bonchev–Trinajstić information content (AvgIpc) is 3.01. The number of nitrogens with zero attached hydrogens (tertiary/aromatic N) is 1. The highest BCUT2D eigenvalue weighted by Crippen LogP contribution is 2.28. The molecular weight excluding hydrogens is 276 g/mol. The number of rotatable bonds is 2. The predicted molar refractivity (Wildman–Crippen MR) is 77.6 cm³/mol. The molecule has 0 saturated carbocycles. The quantitative estimate of drug-likeness (QED) is 0.832. The molecule has 1 aliphatic rings. The largest absolute Gasteiger partial charge is 0.508 e. The lowest BCUT2D eigenvalue weighted by Crippen LogP contribution is -2.19. The first-order valence-electron chi connectivity index (χ1n) is 5.83. The first-order chi connectivity index (χ1) is 9.70. The average molecular weight is 286 g/mol. The second kappa shape index (κ2) is 5.26. The Hall–Kier alpha value is -2.47. The fourth-order valence-electron chi connectivity index (χ4n) is 1.66. The molecule has 1 amide bonds. The fraction of sp³-hybridized carbons (Fsp3) is 0. The van der Waals surface area contributed by atoms with Gasteiger partial charge in [-0.15, -0.1) is 0 Å². The number of carbonyl (C=O) groups is 1. The standard InChI is InChI=1S/C14H10N2O3S/c17-10-4-1-3-9(7-10)15-14-16-13(18)12(20-14)8-11-5-2-6-19-11/h1-8,17H,(H,15,16,18)/b12-8-. The Kier molecular flexibility index (Phi) is 3.30. The lowest BCUT2D eigenvalue weighted by Gasteiger charge is -1.96. The monoisotopic (exact) mass is 286 g/mol. The lowest BCUT2D eigenvalue weighted by atomic mass is 10.3. The molecule has 0 radical (unpaired) electrons. The number of phenols is 1. The zero-order chi connectivity index (χ0) is 13.9. The van der Waals surface area contributed by atoms with E-state index < -0.39 is 0 Å². The van der Waals surface area contributed by atoms with Gasteiger partial charge >= 0.3 is 0 Å². The van der Waals surface area contributed by atoms with Crippen LogP contribution in [0.5, 0.6) is 5.75 Å². The summed E-state index contributed by atoms with van der Waals surface area (Å²) in [6.45, 7) is 0. The van der Waals surface area contributed by atoms with Gasteiger partial charge in [0.1, 0.15) is 11.5 Å². The highest BCUT2D eigenvalue weighted by atomic mass is 32.2. The molecule has 2 heterocycles. The smallest absolute Gasteiger partial charge is 0.264 e. The number of phenolic OH excluding ortho intramolecular Hbond substituents is 1. The van der Waals surface area contributed by atoms with E-state index in [1.165, 1.54) is 17.8 Å². The molecule has 100 valence electrons. The van der Waals surface area contributed by atoms with E-state index in [2.05, 4.69) is 10.3 Å². The van der Waals surface area contributed by atoms with Gasteiger partial charge in [0, 0.05) is 12.1 Å². The molecule has 0 unspecified atom stereocenters. The molecule has 1 fully saturated rings. The third kappa shape index (κ3) is 2.75. The van der Waals surface area contributed by atoms with Gasteiger partial charge in [-0.05, 0) is 36.0 Å². The minimum absolute atomic E-state index is 0.132. The Morgan fingerprint density at radius 1 is 1.30 bits per heavy atom. The molecule has 1 aromatic heterocycles. The van der Waals surface area contributed by atoms with Crippen LogP contribution in [0.1, 0.15) is 5.76 Å². The maximum absolute atomic E-state index is 11.8. The van der Waals surface area contributed by atoms with Crippen LogP contribution in [-0.2, 0) is 4.79 Å². The number of hydrogen-bond donors (Lipinski definition) is 2. The van der Waals surface area contributed by atoms with Crippen LogP contribution in [0.25, 0.3) is 6.08 Å². The number of hydrogen-bond acceptors (Lipinski definition) is 5. The van der Waals surface area contributed by atoms with Gasteiger partial charge in [-0.3, -0.25) is 4.79 Å².